The normalized spacial score (nSPS) is 15.7. The molecule has 26 nitrogen and oxygen atoms in total. The Kier molecular flexibility index (Phi) is 30.6. The Morgan fingerprint density at radius 1 is 0.586 bits per heavy atom. The fraction of sp³-hybridized carbons (Fsp3) is 0.683. The van der Waals surface area contributed by atoms with Gasteiger partial charge in [0.25, 0.3) is 0 Å². The van der Waals surface area contributed by atoms with E-state index >= 15 is 0 Å². The Morgan fingerprint density at radius 2 is 0.900 bits per heavy atom. The molecule has 6 heterocycles. The number of aldehydes is 1. The average molecular weight is 1040 g/mol. The predicted octanol–water partition coefficient (Wildman–Crippen LogP) is -3.00. The first-order chi connectivity index (χ1) is 32.7. The monoisotopic (exact) mass is 1040 g/mol. The van der Waals surface area contributed by atoms with Gasteiger partial charge in [0.2, 0.25) is 27.6 Å². The Balaban J connectivity index is 0.000000485. The molecule has 3 aliphatic rings. The van der Waals surface area contributed by atoms with Gasteiger partial charge >= 0.3 is 52.0 Å². The first-order valence-electron chi connectivity index (χ1n) is 21.9. The number of hydrogen-bond acceptors (Lipinski definition) is 24. The first kappa shape index (κ1) is 64.4. The molecule has 3 fully saturated rings. The number of anilines is 3. The second kappa shape index (κ2) is 33.2. The number of carbonyl (C=O) groups is 1. The van der Waals surface area contributed by atoms with Crippen LogP contribution in [0.1, 0.15) is 55.2 Å². The van der Waals surface area contributed by atoms with Crippen molar-refractivity contribution in [2.24, 2.45) is 0 Å². The summed E-state index contributed by atoms with van der Waals surface area (Å²) in [6.07, 6.45) is 0.575. The fourth-order valence-corrected chi connectivity index (χ4v) is 6.94. The van der Waals surface area contributed by atoms with E-state index in [1.807, 2.05) is 24.8 Å². The van der Waals surface area contributed by atoms with Gasteiger partial charge in [-0.15, -0.1) is 6.61 Å². The molecule has 3 aromatic heterocycles. The molecule has 0 unspecified atom stereocenters. The van der Waals surface area contributed by atoms with Crippen molar-refractivity contribution in [2.45, 2.75) is 38.5 Å². The molecule has 0 radical (unpaired) electrons. The zero-order chi connectivity index (χ0) is 51.7. The summed E-state index contributed by atoms with van der Waals surface area (Å²) in [5.74, 6) is 2.21. The van der Waals surface area contributed by atoms with Crippen LogP contribution in [0.5, 0.6) is 12.0 Å². The number of aromatic nitrogens is 6. The summed E-state index contributed by atoms with van der Waals surface area (Å²) in [6.45, 7) is 17.4. The summed E-state index contributed by atoms with van der Waals surface area (Å²) in [5, 5.41) is 8.72. The number of nitrogens with zero attached hydrogens (tertiary/aromatic N) is 12. The molecule has 3 aliphatic heterocycles. The quantitative estimate of drug-likeness (QED) is 0.0504. The van der Waals surface area contributed by atoms with Crippen LogP contribution in [-0.2, 0) is 39.2 Å². The van der Waals surface area contributed by atoms with Gasteiger partial charge in [-0.3, -0.25) is 13.9 Å². The van der Waals surface area contributed by atoms with Crippen molar-refractivity contribution >= 4 is 44.0 Å². The number of carbonyl (C=O) groups excluding carboxylic acids is 1. The number of ether oxygens (including phenoxy) is 6. The maximum absolute atomic E-state index is 11.8. The molecule has 0 atom stereocenters. The number of hydrogen-bond donors (Lipinski definition) is 2. The molecule has 0 bridgehead atoms. The topological polar surface area (TPSA) is 301 Å². The van der Waals surface area contributed by atoms with Gasteiger partial charge in [-0.25, -0.2) is 18.4 Å². The number of rotatable bonds is 15. The van der Waals surface area contributed by atoms with Gasteiger partial charge in [0.1, 0.15) is 34.5 Å². The summed E-state index contributed by atoms with van der Waals surface area (Å²) in [7, 11) is 4.23. The largest absolute Gasteiger partial charge is 1.00 e. The van der Waals surface area contributed by atoms with Crippen LogP contribution in [0.25, 0.3) is 0 Å². The van der Waals surface area contributed by atoms with Crippen molar-refractivity contribution in [1.82, 2.24) is 44.6 Å². The fourth-order valence-electron chi connectivity index (χ4n) is 6.41. The number of likely N-dealkylation sites (N-methyl/N-ethyl adjacent to an activating group) is 3. The van der Waals surface area contributed by atoms with Crippen LogP contribution in [0.4, 0.5) is 17.5 Å². The van der Waals surface area contributed by atoms with Crippen molar-refractivity contribution in [2.75, 3.05) is 169 Å². The predicted molar refractivity (Wildman–Crippen MR) is 254 cm³/mol. The van der Waals surface area contributed by atoms with Crippen molar-refractivity contribution in [1.29, 1.82) is 0 Å². The van der Waals surface area contributed by atoms with E-state index in [4.69, 9.17) is 51.1 Å². The average Bonchev–Trinajstić information content (AvgIpc) is 3.30. The Bertz CT molecular complexity index is 2170. The molecular weight excluding hydrogens is 972 g/mol. The molecule has 3 saturated heterocycles. The SMILES string of the molecule is CCOc1nc(C(OC)OC)cc(N2CCN(C)CC2)n1.CCOc1nc(C=O)cc(N2CCN(C)CC2)n1.CC[O-].COC(OC)c1cc(N2CCN(C)CC2)nc(S(C)(=O)=O)n1.O=S(=O)(O)O.[Na+]. The second-order valence-electron chi connectivity index (χ2n) is 15.3. The maximum atomic E-state index is 11.8. The summed E-state index contributed by atoms with van der Waals surface area (Å²) in [6, 6.07) is 5.98. The van der Waals surface area contributed by atoms with Crippen LogP contribution in [-0.4, -0.2) is 231 Å². The van der Waals surface area contributed by atoms with Gasteiger partial charge in [0, 0.05) is 131 Å². The summed E-state index contributed by atoms with van der Waals surface area (Å²) in [4.78, 5) is 49.5. The van der Waals surface area contributed by atoms with E-state index in [-0.39, 0.29) is 47.3 Å². The Morgan fingerprint density at radius 3 is 1.21 bits per heavy atom. The van der Waals surface area contributed by atoms with Gasteiger partial charge in [0.15, 0.2) is 6.29 Å². The molecule has 29 heteroatoms. The van der Waals surface area contributed by atoms with Gasteiger partial charge in [0.05, 0.1) is 13.2 Å². The van der Waals surface area contributed by atoms with Crippen LogP contribution in [0.3, 0.4) is 0 Å². The second-order valence-corrected chi connectivity index (χ2v) is 18.1. The zero-order valence-corrected chi connectivity index (χ0v) is 46.2. The summed E-state index contributed by atoms with van der Waals surface area (Å²) < 4.78 is 86.9. The summed E-state index contributed by atoms with van der Waals surface area (Å²) in [5.41, 5.74) is 1.43. The minimum Gasteiger partial charge on any atom is -0.855 e. The molecule has 0 aromatic carbocycles. The van der Waals surface area contributed by atoms with Crippen LogP contribution < -0.4 is 58.8 Å². The third-order valence-electron chi connectivity index (χ3n) is 9.96. The van der Waals surface area contributed by atoms with Gasteiger partial charge in [-0.1, -0.05) is 6.92 Å². The van der Waals surface area contributed by atoms with Crippen molar-refractivity contribution < 1.29 is 93.8 Å². The molecule has 3 aromatic rings. The standard InChI is InChI=1S/C14H24N4O3.C13H22N4O4S.C12H18N4O2.C2H5O.Na.H2O4S/c1-5-21-14-15-11(13(19-3)20-4)10-12(16-14)18-8-6-17(2)7-9-18;1-16-5-7-17(8-6-16)11-9-10(12(20-2)21-3)14-13(15-11)22(4,18)19;1-3-18-12-13-10(9-17)8-11(14-12)16-6-4-15(2)5-7-16;1-2-3;;1-5(2,3)4/h10,13H,5-9H2,1-4H3;9,12H,5-8H2,1-4H3;8-9H,3-7H2,1-2H3;2H2,1H3;;(H2,1,2,3,4)/q;;;-1;+1;. The third-order valence-corrected chi connectivity index (χ3v) is 10.8. The molecule has 0 aliphatic carbocycles. The van der Waals surface area contributed by atoms with E-state index in [1.165, 1.54) is 14.2 Å². The zero-order valence-electron chi connectivity index (χ0n) is 42.5. The van der Waals surface area contributed by atoms with E-state index in [2.05, 4.69) is 75.5 Å². The van der Waals surface area contributed by atoms with E-state index in [1.54, 1.807) is 33.3 Å². The molecule has 0 saturated carbocycles. The molecular formula is C41H71N12NaO14S2. The van der Waals surface area contributed by atoms with Crippen LogP contribution >= 0.6 is 0 Å². The van der Waals surface area contributed by atoms with E-state index in [0.717, 1.165) is 103 Å². The maximum Gasteiger partial charge on any atom is 1.00 e. The van der Waals surface area contributed by atoms with Crippen LogP contribution in [0.15, 0.2) is 23.4 Å². The summed E-state index contributed by atoms with van der Waals surface area (Å²) >= 11 is 0. The van der Waals surface area contributed by atoms with Gasteiger partial charge in [-0.2, -0.15) is 28.4 Å². The molecule has 0 spiro atoms. The van der Waals surface area contributed by atoms with Gasteiger partial charge in [-0.05, 0) is 35.0 Å². The van der Waals surface area contributed by atoms with Crippen molar-refractivity contribution in [3.8, 4) is 12.0 Å². The molecule has 392 valence electrons. The Hall–Kier alpha value is -3.59. The number of sulfone groups is 1. The van der Waals surface area contributed by atoms with Crippen LogP contribution in [0, 0.1) is 0 Å². The minimum atomic E-state index is -4.67. The van der Waals surface area contributed by atoms with Crippen LogP contribution in [0.2, 0.25) is 0 Å². The van der Waals surface area contributed by atoms with E-state index in [9.17, 15) is 13.2 Å². The van der Waals surface area contributed by atoms with E-state index in [0.29, 0.717) is 42.1 Å². The molecule has 6 rings (SSSR count). The molecule has 2 N–H and O–H groups in total. The third kappa shape index (κ3) is 23.8. The Labute approximate surface area is 434 Å². The van der Waals surface area contributed by atoms with Gasteiger partial charge < -0.3 is 62.9 Å². The van der Waals surface area contributed by atoms with Crippen molar-refractivity contribution in [3.05, 3.63) is 35.3 Å². The first-order valence-corrected chi connectivity index (χ1v) is 25.2. The number of methoxy groups -OCH3 is 4. The van der Waals surface area contributed by atoms with Crippen molar-refractivity contribution in [3.63, 3.8) is 0 Å². The minimum absolute atomic E-state index is 0. The number of piperazine rings is 3. The molecule has 0 amide bonds. The molecule has 70 heavy (non-hydrogen) atoms. The smallest absolute Gasteiger partial charge is 0.855 e. The van der Waals surface area contributed by atoms with E-state index < -0.39 is 32.8 Å².